The quantitative estimate of drug-likeness (QED) is 0.561. The third-order valence-corrected chi connectivity index (χ3v) is 6.24. The zero-order chi connectivity index (χ0) is 14.4. The van der Waals surface area contributed by atoms with E-state index in [2.05, 4.69) is 9.05 Å². The van der Waals surface area contributed by atoms with E-state index in [1.807, 2.05) is 0 Å². The Kier molecular flexibility index (Phi) is 3.79. The topological polar surface area (TPSA) is 18.5 Å². The summed E-state index contributed by atoms with van der Waals surface area (Å²) in [6.45, 7) is 0. The van der Waals surface area contributed by atoms with E-state index in [0.717, 1.165) is 0 Å². The van der Waals surface area contributed by atoms with Crippen LogP contribution in [0.3, 0.4) is 0 Å². The van der Waals surface area contributed by atoms with Gasteiger partial charge in [0, 0.05) is 0 Å². The van der Waals surface area contributed by atoms with Crippen LogP contribution in [-0.2, 0) is 9.05 Å². The Balaban J connectivity index is 6.56. The van der Waals surface area contributed by atoms with E-state index in [1.165, 1.54) is 0 Å². The van der Waals surface area contributed by atoms with Gasteiger partial charge in [-0.3, -0.25) is 0 Å². The molecule has 0 bridgehead atoms. The van der Waals surface area contributed by atoms with Crippen LogP contribution in [0.4, 0.5) is 39.5 Å². The molecule has 0 heterocycles. The van der Waals surface area contributed by atoms with Crippen LogP contribution in [0.25, 0.3) is 0 Å². The average molecular weight is 300 g/mol. The molecule has 2 nitrogen and oxygen atoms in total. The van der Waals surface area contributed by atoms with Gasteiger partial charge in [0.25, 0.3) is 0 Å². The summed E-state index contributed by atoms with van der Waals surface area (Å²) in [6, 6.07) is 0. The van der Waals surface area contributed by atoms with Gasteiger partial charge in [0.1, 0.15) is 0 Å². The summed E-state index contributed by atoms with van der Waals surface area (Å²) in [5.74, 6) is -20.4. The molecule has 0 fully saturated rings. The normalized spacial score (nSPS) is 17.7. The van der Waals surface area contributed by atoms with Crippen LogP contribution in [0.15, 0.2) is 0 Å². The molecule has 0 atom stereocenters. The molecule has 12 heteroatoms. The SMILES string of the molecule is COP(OC)(C(F)(F)F)(C(F)(F)F)C(F)(F)F. The Morgan fingerprint density at radius 1 is 0.588 bits per heavy atom. The number of alkyl halides is 9. The molecule has 0 aromatic heterocycles. The van der Waals surface area contributed by atoms with Gasteiger partial charge in [0.2, 0.25) is 0 Å². The molecule has 0 aromatic carbocycles. The molecule has 0 saturated heterocycles. The van der Waals surface area contributed by atoms with Gasteiger partial charge in [0.15, 0.2) is 0 Å². The first-order chi connectivity index (χ1) is 7.22. The van der Waals surface area contributed by atoms with E-state index in [1.54, 1.807) is 0 Å². The molecule has 0 aromatic rings. The third-order valence-electron chi connectivity index (χ3n) is 2.08. The number of rotatable bonds is 2. The Morgan fingerprint density at radius 3 is 0.765 bits per heavy atom. The van der Waals surface area contributed by atoms with Crippen molar-refractivity contribution < 1.29 is 48.6 Å². The van der Waals surface area contributed by atoms with Crippen LogP contribution in [0.2, 0.25) is 0 Å². The van der Waals surface area contributed by atoms with Crippen molar-refractivity contribution >= 4 is 7.06 Å². The van der Waals surface area contributed by atoms with E-state index in [-0.39, 0.29) is 14.2 Å². The summed E-state index contributed by atoms with van der Waals surface area (Å²) in [5, 5.41) is 0. The number of hydrogen-bond acceptors (Lipinski definition) is 2. The van der Waals surface area contributed by atoms with E-state index in [4.69, 9.17) is 0 Å². The van der Waals surface area contributed by atoms with Gasteiger partial charge in [-0.25, -0.2) is 0 Å². The molecule has 0 rings (SSSR count). The average Bonchev–Trinajstić information content (AvgIpc) is 1.99. The summed E-state index contributed by atoms with van der Waals surface area (Å²) in [7, 11) is -9.57. The first-order valence-electron chi connectivity index (χ1n) is 3.55. The molecule has 0 spiro atoms. The minimum absolute atomic E-state index is 0.338. The van der Waals surface area contributed by atoms with Crippen LogP contribution >= 0.6 is 7.06 Å². The van der Waals surface area contributed by atoms with Crippen LogP contribution in [0.5, 0.6) is 0 Å². The molecular weight excluding hydrogens is 294 g/mol. The van der Waals surface area contributed by atoms with Crippen LogP contribution < -0.4 is 0 Å². The fourth-order valence-electron chi connectivity index (χ4n) is 1.13. The molecule has 0 saturated carbocycles. The maximum absolute atomic E-state index is 12.4. The van der Waals surface area contributed by atoms with E-state index < -0.39 is 24.8 Å². The Hall–Kier alpha value is -0.280. The summed E-state index contributed by atoms with van der Waals surface area (Å²) in [5.41, 5.74) is 0. The van der Waals surface area contributed by atoms with Crippen molar-refractivity contribution in [1.29, 1.82) is 0 Å². The number of hydrogen-bond donors (Lipinski definition) is 0. The van der Waals surface area contributed by atoms with Crippen molar-refractivity contribution in [3.63, 3.8) is 0 Å². The molecule has 0 aliphatic heterocycles. The maximum atomic E-state index is 12.4. The molecule has 0 aliphatic rings. The van der Waals surface area contributed by atoms with Crippen molar-refractivity contribution in [2.75, 3.05) is 14.2 Å². The fourth-order valence-corrected chi connectivity index (χ4v) is 3.38. The number of halogens is 9. The van der Waals surface area contributed by atoms with Gasteiger partial charge in [-0.05, 0) is 0 Å². The molecular formula is C5H6F9O2P. The predicted octanol–water partition coefficient (Wildman–Crippen LogP) is 4.22. The fraction of sp³-hybridized carbons (Fsp3) is 1.00. The third kappa shape index (κ3) is 1.55. The first kappa shape index (κ1) is 16.7. The van der Waals surface area contributed by atoms with Gasteiger partial charge >= 0.3 is 87.6 Å². The zero-order valence-corrected chi connectivity index (χ0v) is 9.06. The monoisotopic (exact) mass is 300 g/mol. The molecule has 17 heavy (non-hydrogen) atoms. The summed E-state index contributed by atoms with van der Waals surface area (Å²) in [4.78, 5) is 0. The molecule has 0 unspecified atom stereocenters. The minimum atomic E-state index is -8.89. The van der Waals surface area contributed by atoms with Crippen molar-refractivity contribution in [1.82, 2.24) is 0 Å². The predicted molar refractivity (Wildman–Crippen MR) is 39.1 cm³/mol. The van der Waals surface area contributed by atoms with Gasteiger partial charge in [-0.15, -0.1) is 0 Å². The summed E-state index contributed by atoms with van der Waals surface area (Å²) < 4.78 is 117. The summed E-state index contributed by atoms with van der Waals surface area (Å²) in [6.07, 6.45) is 0. The molecule has 0 aliphatic carbocycles. The molecule has 0 N–H and O–H groups in total. The zero-order valence-electron chi connectivity index (χ0n) is 8.17. The Morgan fingerprint density at radius 2 is 0.765 bits per heavy atom. The molecule has 0 radical (unpaired) electrons. The van der Waals surface area contributed by atoms with Gasteiger partial charge in [0.05, 0.1) is 0 Å². The van der Waals surface area contributed by atoms with Crippen molar-refractivity contribution in [2.45, 2.75) is 17.8 Å². The van der Waals surface area contributed by atoms with Crippen molar-refractivity contribution in [3.8, 4) is 0 Å². The van der Waals surface area contributed by atoms with Crippen LogP contribution in [0, 0.1) is 0 Å². The second-order valence-electron chi connectivity index (χ2n) is 2.73. The first-order valence-corrected chi connectivity index (χ1v) is 5.63. The van der Waals surface area contributed by atoms with Gasteiger partial charge in [-0.1, -0.05) is 0 Å². The standard InChI is InChI=1S/C5H6F9O2P/c1-15-17(16-2,3(6,7)8,4(9,10)11)5(12,13)14/h1-2H3. The van der Waals surface area contributed by atoms with E-state index >= 15 is 0 Å². The Bertz CT molecular complexity index is 242. The van der Waals surface area contributed by atoms with Crippen LogP contribution in [0.1, 0.15) is 0 Å². The molecule has 0 amide bonds. The van der Waals surface area contributed by atoms with Gasteiger partial charge in [-0.2, -0.15) is 0 Å². The van der Waals surface area contributed by atoms with Gasteiger partial charge < -0.3 is 0 Å². The molecule has 106 valence electrons. The van der Waals surface area contributed by atoms with Crippen molar-refractivity contribution in [3.05, 3.63) is 0 Å². The van der Waals surface area contributed by atoms with E-state index in [9.17, 15) is 39.5 Å². The Labute approximate surface area is 88.8 Å². The second-order valence-corrected chi connectivity index (χ2v) is 6.89. The summed E-state index contributed by atoms with van der Waals surface area (Å²) >= 11 is 0. The van der Waals surface area contributed by atoms with E-state index in [0.29, 0.717) is 0 Å². The second kappa shape index (κ2) is 3.86. The van der Waals surface area contributed by atoms with Crippen LogP contribution in [-0.4, -0.2) is 32.0 Å². The van der Waals surface area contributed by atoms with Crippen molar-refractivity contribution in [2.24, 2.45) is 0 Å².